The number of aliphatic hydroxyl groups is 1. The molecule has 1 aromatic carbocycles. The third kappa shape index (κ3) is 4.97. The van der Waals surface area contributed by atoms with Gasteiger partial charge in [-0.2, -0.15) is 0 Å². The number of nitrogens with one attached hydrogen (secondary N) is 1. The molecule has 0 radical (unpaired) electrons. The van der Waals surface area contributed by atoms with E-state index in [2.05, 4.69) is 10.2 Å². The Bertz CT molecular complexity index is 525. The number of aliphatic hydroxyl groups excluding tert-OH is 1. The van der Waals surface area contributed by atoms with Gasteiger partial charge < -0.3 is 24.8 Å². The van der Waals surface area contributed by atoms with Crippen molar-refractivity contribution in [3.63, 3.8) is 0 Å². The SMILES string of the molecule is COc1ccc(OC)c(CCNC(=S)N2CCC[C@H](CO)C2)c1. The molecule has 0 saturated carbocycles. The van der Waals surface area contributed by atoms with Gasteiger partial charge in [0.2, 0.25) is 0 Å². The molecule has 1 heterocycles. The maximum absolute atomic E-state index is 9.31. The highest BCUT2D eigenvalue weighted by Gasteiger charge is 2.20. The van der Waals surface area contributed by atoms with Gasteiger partial charge in [-0.1, -0.05) is 0 Å². The lowest BCUT2D eigenvalue weighted by molar-refractivity contribution is 0.160. The largest absolute Gasteiger partial charge is 0.497 e. The van der Waals surface area contributed by atoms with E-state index in [0.29, 0.717) is 5.92 Å². The lowest BCUT2D eigenvalue weighted by Gasteiger charge is -2.33. The van der Waals surface area contributed by atoms with Crippen molar-refractivity contribution in [2.75, 3.05) is 40.5 Å². The molecule has 1 aliphatic heterocycles. The number of hydrogen-bond acceptors (Lipinski definition) is 4. The zero-order chi connectivity index (χ0) is 16.7. The van der Waals surface area contributed by atoms with E-state index in [1.54, 1.807) is 14.2 Å². The van der Waals surface area contributed by atoms with Crippen molar-refractivity contribution in [1.29, 1.82) is 0 Å². The third-order valence-corrected chi connectivity index (χ3v) is 4.63. The van der Waals surface area contributed by atoms with Crippen LogP contribution in [0.5, 0.6) is 11.5 Å². The van der Waals surface area contributed by atoms with E-state index in [9.17, 15) is 5.11 Å². The number of methoxy groups -OCH3 is 2. The maximum Gasteiger partial charge on any atom is 0.168 e. The molecular weight excluding hydrogens is 312 g/mol. The van der Waals surface area contributed by atoms with Crippen molar-refractivity contribution in [1.82, 2.24) is 10.2 Å². The fourth-order valence-electron chi connectivity index (χ4n) is 2.89. The Morgan fingerprint density at radius 3 is 2.91 bits per heavy atom. The molecule has 1 aromatic rings. The minimum atomic E-state index is 0.236. The average Bonchev–Trinajstić information content (AvgIpc) is 2.61. The molecule has 23 heavy (non-hydrogen) atoms. The zero-order valence-electron chi connectivity index (χ0n) is 13.9. The summed E-state index contributed by atoms with van der Waals surface area (Å²) in [5.74, 6) is 2.02. The standard InChI is InChI=1S/C17H26N2O3S/c1-21-15-5-6-16(22-2)14(10-15)7-8-18-17(23)19-9-3-4-13(11-19)12-20/h5-6,10,13,20H,3-4,7-9,11-12H2,1-2H3,(H,18,23)/t13-/m0/s1. The Labute approximate surface area is 143 Å². The number of nitrogens with zero attached hydrogens (tertiary/aromatic N) is 1. The summed E-state index contributed by atoms with van der Waals surface area (Å²) in [6.45, 7) is 2.78. The van der Waals surface area contributed by atoms with Gasteiger partial charge in [-0.25, -0.2) is 0 Å². The van der Waals surface area contributed by atoms with Crippen LogP contribution in [0.15, 0.2) is 18.2 Å². The van der Waals surface area contributed by atoms with E-state index >= 15 is 0 Å². The summed E-state index contributed by atoms with van der Waals surface area (Å²) in [5, 5.41) is 13.4. The second kappa shape index (κ2) is 8.93. The first-order chi connectivity index (χ1) is 11.2. The Hall–Kier alpha value is -1.53. The van der Waals surface area contributed by atoms with Crippen LogP contribution in [0.1, 0.15) is 18.4 Å². The third-order valence-electron chi connectivity index (χ3n) is 4.22. The van der Waals surface area contributed by atoms with Crippen LogP contribution in [0.2, 0.25) is 0 Å². The minimum absolute atomic E-state index is 0.236. The number of thiocarbonyl (C=S) groups is 1. The summed E-state index contributed by atoms with van der Waals surface area (Å²) in [5.41, 5.74) is 1.09. The highest BCUT2D eigenvalue weighted by Crippen LogP contribution is 2.24. The molecule has 1 fully saturated rings. The Kier molecular flexibility index (Phi) is 6.92. The van der Waals surface area contributed by atoms with Crippen LogP contribution in [0.4, 0.5) is 0 Å². The fourth-order valence-corrected chi connectivity index (χ4v) is 3.16. The predicted molar refractivity (Wildman–Crippen MR) is 95.2 cm³/mol. The van der Waals surface area contributed by atoms with Crippen LogP contribution in [-0.4, -0.2) is 55.6 Å². The number of ether oxygens (including phenoxy) is 2. The highest BCUT2D eigenvalue weighted by molar-refractivity contribution is 7.80. The lowest BCUT2D eigenvalue weighted by Crippen LogP contribution is -2.46. The second-order valence-corrected chi connectivity index (χ2v) is 6.18. The molecule has 0 spiro atoms. The van der Waals surface area contributed by atoms with Crippen molar-refractivity contribution < 1.29 is 14.6 Å². The fraction of sp³-hybridized carbons (Fsp3) is 0.588. The first-order valence-electron chi connectivity index (χ1n) is 8.02. The van der Waals surface area contributed by atoms with Gasteiger partial charge in [0.25, 0.3) is 0 Å². The number of rotatable bonds is 6. The molecule has 2 N–H and O–H groups in total. The zero-order valence-corrected chi connectivity index (χ0v) is 14.7. The van der Waals surface area contributed by atoms with Gasteiger partial charge in [0.1, 0.15) is 11.5 Å². The van der Waals surface area contributed by atoms with Gasteiger partial charge in [-0.15, -0.1) is 0 Å². The molecule has 0 amide bonds. The summed E-state index contributed by atoms with van der Waals surface area (Å²) in [4.78, 5) is 2.16. The number of likely N-dealkylation sites (tertiary alicyclic amines) is 1. The Morgan fingerprint density at radius 1 is 1.39 bits per heavy atom. The van der Waals surface area contributed by atoms with Crippen LogP contribution in [0.3, 0.4) is 0 Å². The van der Waals surface area contributed by atoms with Crippen LogP contribution in [0.25, 0.3) is 0 Å². The van der Waals surface area contributed by atoms with E-state index in [1.807, 2.05) is 18.2 Å². The minimum Gasteiger partial charge on any atom is -0.497 e. The molecule has 0 unspecified atom stereocenters. The average molecular weight is 338 g/mol. The molecule has 5 nitrogen and oxygen atoms in total. The molecule has 128 valence electrons. The summed E-state index contributed by atoms with van der Waals surface area (Å²) in [6.07, 6.45) is 2.96. The summed E-state index contributed by atoms with van der Waals surface area (Å²) in [6, 6.07) is 5.80. The highest BCUT2D eigenvalue weighted by atomic mass is 32.1. The molecule has 1 atom stereocenters. The first-order valence-corrected chi connectivity index (χ1v) is 8.43. The number of benzene rings is 1. The molecule has 1 saturated heterocycles. The van der Waals surface area contributed by atoms with E-state index in [-0.39, 0.29) is 6.61 Å². The van der Waals surface area contributed by atoms with Crippen molar-refractivity contribution >= 4 is 17.3 Å². The molecule has 1 aliphatic rings. The number of hydrogen-bond donors (Lipinski definition) is 2. The molecule has 0 aromatic heterocycles. The number of piperidine rings is 1. The lowest BCUT2D eigenvalue weighted by atomic mass is 9.99. The van der Waals surface area contributed by atoms with Crippen molar-refractivity contribution in [3.05, 3.63) is 23.8 Å². The van der Waals surface area contributed by atoms with Crippen LogP contribution < -0.4 is 14.8 Å². The van der Waals surface area contributed by atoms with Gasteiger partial charge in [-0.05, 0) is 61.2 Å². The van der Waals surface area contributed by atoms with E-state index in [0.717, 1.165) is 61.1 Å². The topological polar surface area (TPSA) is 54.0 Å². The monoisotopic (exact) mass is 338 g/mol. The predicted octanol–water partition coefficient (Wildman–Crippen LogP) is 1.83. The van der Waals surface area contributed by atoms with E-state index in [1.165, 1.54) is 0 Å². The first kappa shape index (κ1) is 17.8. The summed E-state index contributed by atoms with van der Waals surface area (Å²) >= 11 is 5.48. The quantitative estimate of drug-likeness (QED) is 0.772. The van der Waals surface area contributed by atoms with Crippen LogP contribution in [-0.2, 0) is 6.42 Å². The normalized spacial score (nSPS) is 17.7. The van der Waals surface area contributed by atoms with Crippen LogP contribution in [0, 0.1) is 5.92 Å². The van der Waals surface area contributed by atoms with Gasteiger partial charge in [0.05, 0.1) is 14.2 Å². The maximum atomic E-state index is 9.31. The van der Waals surface area contributed by atoms with Gasteiger partial charge in [-0.3, -0.25) is 0 Å². The molecule has 0 aliphatic carbocycles. The van der Waals surface area contributed by atoms with Gasteiger partial charge in [0.15, 0.2) is 5.11 Å². The summed E-state index contributed by atoms with van der Waals surface area (Å²) in [7, 11) is 3.33. The Balaban J connectivity index is 1.85. The molecular formula is C17H26N2O3S. The summed E-state index contributed by atoms with van der Waals surface area (Å²) < 4.78 is 10.7. The van der Waals surface area contributed by atoms with Crippen molar-refractivity contribution in [2.24, 2.45) is 5.92 Å². The molecule has 0 bridgehead atoms. The molecule has 6 heteroatoms. The van der Waals surface area contributed by atoms with Crippen LogP contribution >= 0.6 is 12.2 Å². The van der Waals surface area contributed by atoms with E-state index in [4.69, 9.17) is 21.7 Å². The van der Waals surface area contributed by atoms with Crippen molar-refractivity contribution in [2.45, 2.75) is 19.3 Å². The molecule has 2 rings (SSSR count). The van der Waals surface area contributed by atoms with Crippen molar-refractivity contribution in [3.8, 4) is 11.5 Å². The Morgan fingerprint density at radius 2 is 2.22 bits per heavy atom. The second-order valence-electron chi connectivity index (χ2n) is 5.80. The van der Waals surface area contributed by atoms with E-state index < -0.39 is 0 Å². The van der Waals surface area contributed by atoms with Gasteiger partial charge in [0, 0.05) is 26.2 Å². The smallest absolute Gasteiger partial charge is 0.168 e. The van der Waals surface area contributed by atoms with Gasteiger partial charge >= 0.3 is 0 Å².